The summed E-state index contributed by atoms with van der Waals surface area (Å²) in [5.74, 6) is 0.214. The highest BCUT2D eigenvalue weighted by molar-refractivity contribution is 7.10. The van der Waals surface area contributed by atoms with Gasteiger partial charge in [-0.05, 0) is 49.5 Å². The Morgan fingerprint density at radius 2 is 1.77 bits per heavy atom. The van der Waals surface area contributed by atoms with Gasteiger partial charge >= 0.3 is 0 Å². The predicted octanol–water partition coefficient (Wildman–Crippen LogP) is 2.35. The van der Waals surface area contributed by atoms with E-state index in [0.717, 1.165) is 19.6 Å². The maximum atomic E-state index is 12.5. The zero-order valence-electron chi connectivity index (χ0n) is 17.1. The number of fused-ring (bicyclic) bond motifs is 1. The Balaban J connectivity index is 1.30. The summed E-state index contributed by atoms with van der Waals surface area (Å²) in [5.41, 5.74) is 0.962. The summed E-state index contributed by atoms with van der Waals surface area (Å²) in [5, 5.41) is 8.77. The third-order valence-electron chi connectivity index (χ3n) is 5.65. The Morgan fingerprint density at radius 1 is 1.07 bits per heavy atom. The first-order valence-corrected chi connectivity index (χ1v) is 11.2. The summed E-state index contributed by atoms with van der Waals surface area (Å²) in [7, 11) is 1.73. The molecule has 1 atom stereocenters. The number of carbonyl (C=O) groups is 2. The topological polar surface area (TPSA) is 77.0 Å². The van der Waals surface area contributed by atoms with Crippen molar-refractivity contribution in [1.82, 2.24) is 20.4 Å². The summed E-state index contributed by atoms with van der Waals surface area (Å²) in [6, 6.07) is 11.6. The standard InChI is InChI=1S/C22H27N5O2S/c1-23-22(25-15-18(19-9-6-14-30-19)26-11-4-5-12-26)24-10-13-27-20(28)16-7-2-3-8-17(16)21(27)29/h2-3,6-9,14,18H,4-5,10-13,15H2,1H3,(H2,23,24,25). The highest BCUT2D eigenvalue weighted by Gasteiger charge is 2.34. The molecule has 0 bridgehead atoms. The van der Waals surface area contributed by atoms with Crippen LogP contribution in [0.5, 0.6) is 0 Å². The van der Waals surface area contributed by atoms with Crippen molar-refractivity contribution in [2.75, 3.05) is 39.8 Å². The van der Waals surface area contributed by atoms with E-state index < -0.39 is 0 Å². The van der Waals surface area contributed by atoms with Crippen LogP contribution < -0.4 is 10.6 Å². The van der Waals surface area contributed by atoms with Crippen LogP contribution in [0.4, 0.5) is 0 Å². The number of carbonyl (C=O) groups excluding carboxylic acids is 2. The van der Waals surface area contributed by atoms with Gasteiger partial charge in [0, 0.05) is 31.6 Å². The lowest BCUT2D eigenvalue weighted by Crippen LogP contribution is -2.45. The second-order valence-corrected chi connectivity index (χ2v) is 8.44. The fraction of sp³-hybridized carbons (Fsp3) is 0.409. The summed E-state index contributed by atoms with van der Waals surface area (Å²) in [6.07, 6.45) is 2.49. The number of hydrogen-bond acceptors (Lipinski definition) is 5. The maximum Gasteiger partial charge on any atom is 0.261 e. The molecule has 1 fully saturated rings. The van der Waals surface area contributed by atoms with Gasteiger partial charge in [0.2, 0.25) is 0 Å². The second kappa shape index (κ2) is 9.40. The third kappa shape index (κ3) is 4.24. The molecule has 7 nitrogen and oxygen atoms in total. The number of guanidine groups is 1. The minimum absolute atomic E-state index is 0.230. The Labute approximate surface area is 180 Å². The number of rotatable bonds is 7. The number of thiophene rings is 1. The Morgan fingerprint density at radius 3 is 2.37 bits per heavy atom. The fourth-order valence-electron chi connectivity index (χ4n) is 4.09. The van der Waals surface area contributed by atoms with Gasteiger partial charge in [0.05, 0.1) is 17.2 Å². The monoisotopic (exact) mass is 425 g/mol. The Bertz CT molecular complexity index is 886. The van der Waals surface area contributed by atoms with Gasteiger partial charge in [0.25, 0.3) is 11.8 Å². The molecule has 2 amide bonds. The number of imide groups is 1. The van der Waals surface area contributed by atoms with Crippen molar-refractivity contribution < 1.29 is 9.59 Å². The van der Waals surface area contributed by atoms with Crippen LogP contribution in [0, 0.1) is 0 Å². The first kappa shape index (κ1) is 20.6. The SMILES string of the molecule is CN=C(NCCN1C(=O)c2ccccc2C1=O)NCC(c1cccs1)N1CCCC1. The fourth-order valence-corrected chi connectivity index (χ4v) is 4.95. The number of likely N-dealkylation sites (tertiary alicyclic amines) is 1. The lowest BCUT2D eigenvalue weighted by Gasteiger charge is -2.27. The van der Waals surface area contributed by atoms with E-state index in [1.54, 1.807) is 42.6 Å². The van der Waals surface area contributed by atoms with Gasteiger partial charge in [0.1, 0.15) is 0 Å². The minimum Gasteiger partial charge on any atom is -0.355 e. The molecule has 2 N–H and O–H groups in total. The average Bonchev–Trinajstić information content (AvgIpc) is 3.52. The summed E-state index contributed by atoms with van der Waals surface area (Å²) in [6.45, 7) is 3.74. The number of benzene rings is 1. The number of hydrogen-bond donors (Lipinski definition) is 2. The van der Waals surface area contributed by atoms with Gasteiger partial charge in [-0.2, -0.15) is 0 Å². The second-order valence-electron chi connectivity index (χ2n) is 7.46. The van der Waals surface area contributed by atoms with Crippen LogP contribution in [-0.4, -0.2) is 67.3 Å². The van der Waals surface area contributed by atoms with Crippen molar-refractivity contribution in [3.05, 3.63) is 57.8 Å². The molecule has 1 aromatic heterocycles. The van der Waals surface area contributed by atoms with Crippen molar-refractivity contribution in [3.63, 3.8) is 0 Å². The summed E-state index contributed by atoms with van der Waals surface area (Å²) < 4.78 is 0. The van der Waals surface area contributed by atoms with Crippen LogP contribution in [0.2, 0.25) is 0 Å². The van der Waals surface area contributed by atoms with Crippen LogP contribution >= 0.6 is 11.3 Å². The van der Waals surface area contributed by atoms with Crippen LogP contribution in [0.1, 0.15) is 44.5 Å². The molecule has 4 rings (SSSR count). The van der Waals surface area contributed by atoms with Gasteiger partial charge in [0.15, 0.2) is 5.96 Å². The molecule has 30 heavy (non-hydrogen) atoms. The minimum atomic E-state index is -0.230. The Hall–Kier alpha value is -2.71. The normalized spacial score (nSPS) is 18.0. The lowest BCUT2D eigenvalue weighted by atomic mass is 10.1. The van der Waals surface area contributed by atoms with Gasteiger partial charge in [-0.15, -0.1) is 11.3 Å². The van der Waals surface area contributed by atoms with Crippen LogP contribution in [0.3, 0.4) is 0 Å². The van der Waals surface area contributed by atoms with E-state index in [1.165, 1.54) is 22.6 Å². The van der Waals surface area contributed by atoms with E-state index in [9.17, 15) is 9.59 Å². The molecule has 0 radical (unpaired) electrons. The molecule has 0 aliphatic carbocycles. The first-order valence-electron chi connectivity index (χ1n) is 10.4. The quantitative estimate of drug-likeness (QED) is 0.405. The molecule has 1 saturated heterocycles. The zero-order valence-corrected chi connectivity index (χ0v) is 18.0. The van der Waals surface area contributed by atoms with Crippen molar-refractivity contribution in [1.29, 1.82) is 0 Å². The number of aliphatic imine (C=N–C) groups is 1. The number of amides is 2. The molecule has 2 aliphatic rings. The summed E-state index contributed by atoms with van der Waals surface area (Å²) in [4.78, 5) is 34.4. The molecule has 8 heteroatoms. The van der Waals surface area contributed by atoms with Crippen LogP contribution in [0.15, 0.2) is 46.8 Å². The number of nitrogens with one attached hydrogen (secondary N) is 2. The van der Waals surface area contributed by atoms with Crippen molar-refractivity contribution in [2.45, 2.75) is 18.9 Å². The molecule has 158 valence electrons. The molecule has 1 unspecified atom stereocenters. The van der Waals surface area contributed by atoms with E-state index >= 15 is 0 Å². The van der Waals surface area contributed by atoms with E-state index in [-0.39, 0.29) is 11.8 Å². The molecule has 2 aliphatic heterocycles. The molecule has 0 spiro atoms. The molecule has 3 heterocycles. The Kier molecular flexibility index (Phi) is 6.44. The smallest absolute Gasteiger partial charge is 0.261 e. The molecule has 2 aromatic rings. The van der Waals surface area contributed by atoms with Gasteiger partial charge < -0.3 is 10.6 Å². The van der Waals surface area contributed by atoms with E-state index in [4.69, 9.17) is 0 Å². The third-order valence-corrected chi connectivity index (χ3v) is 6.62. The lowest BCUT2D eigenvalue weighted by molar-refractivity contribution is 0.0657. The molecule has 1 aromatic carbocycles. The highest BCUT2D eigenvalue weighted by Crippen LogP contribution is 2.27. The molecule has 0 saturated carbocycles. The predicted molar refractivity (Wildman–Crippen MR) is 119 cm³/mol. The zero-order chi connectivity index (χ0) is 20.9. The van der Waals surface area contributed by atoms with Crippen molar-refractivity contribution in [2.24, 2.45) is 4.99 Å². The van der Waals surface area contributed by atoms with Gasteiger partial charge in [-0.1, -0.05) is 18.2 Å². The van der Waals surface area contributed by atoms with E-state index in [1.807, 2.05) is 0 Å². The van der Waals surface area contributed by atoms with Gasteiger partial charge in [-0.3, -0.25) is 24.4 Å². The van der Waals surface area contributed by atoms with Crippen LogP contribution in [0.25, 0.3) is 0 Å². The first-order chi connectivity index (χ1) is 14.7. The highest BCUT2D eigenvalue weighted by atomic mass is 32.1. The molecular formula is C22H27N5O2S. The largest absolute Gasteiger partial charge is 0.355 e. The van der Waals surface area contributed by atoms with Crippen molar-refractivity contribution in [3.8, 4) is 0 Å². The van der Waals surface area contributed by atoms with Crippen LogP contribution in [-0.2, 0) is 0 Å². The van der Waals surface area contributed by atoms with Gasteiger partial charge in [-0.25, -0.2) is 0 Å². The van der Waals surface area contributed by atoms with Crippen molar-refractivity contribution >= 4 is 29.1 Å². The molecular weight excluding hydrogens is 398 g/mol. The van der Waals surface area contributed by atoms with E-state index in [0.29, 0.717) is 36.2 Å². The van der Waals surface area contributed by atoms with E-state index in [2.05, 4.69) is 38.0 Å². The summed E-state index contributed by atoms with van der Waals surface area (Å²) >= 11 is 1.78. The maximum absolute atomic E-state index is 12.5. The average molecular weight is 426 g/mol. The number of nitrogens with zero attached hydrogens (tertiary/aromatic N) is 3.